The molecule has 0 saturated carbocycles. The van der Waals surface area contributed by atoms with E-state index in [-0.39, 0.29) is 11.8 Å². The molecule has 1 aromatic carbocycles. The molecule has 0 atom stereocenters. The maximum atomic E-state index is 14.7. The summed E-state index contributed by atoms with van der Waals surface area (Å²) in [6, 6.07) is 5.01. The number of benzene rings is 1. The molecule has 1 saturated heterocycles. The summed E-state index contributed by atoms with van der Waals surface area (Å²) in [4.78, 5) is 13.4. The Kier molecular flexibility index (Phi) is 6.84. The van der Waals surface area contributed by atoms with Gasteiger partial charge < -0.3 is 20.1 Å². The number of rotatable bonds is 8. The van der Waals surface area contributed by atoms with Gasteiger partial charge in [-0.25, -0.2) is 9.07 Å². The number of hydrogen-bond donors (Lipinski definition) is 1. The third-order valence-corrected chi connectivity index (χ3v) is 6.15. The minimum Gasteiger partial charge on any atom is -0.491 e. The molecule has 1 aliphatic heterocycles. The van der Waals surface area contributed by atoms with Crippen molar-refractivity contribution in [3.05, 3.63) is 36.0 Å². The molecule has 36 heavy (non-hydrogen) atoms. The zero-order chi connectivity index (χ0) is 25.1. The number of piperazine rings is 1. The van der Waals surface area contributed by atoms with Crippen LogP contribution in [0.5, 0.6) is 5.75 Å². The first-order chi connectivity index (χ1) is 17.6. The van der Waals surface area contributed by atoms with Crippen molar-refractivity contribution in [1.82, 2.24) is 34.3 Å². The summed E-state index contributed by atoms with van der Waals surface area (Å²) >= 11 is 0. The number of anilines is 2. The normalized spacial score (nSPS) is 14.4. The molecular weight excluding hydrogens is 465 g/mol. The van der Waals surface area contributed by atoms with Gasteiger partial charge in [0, 0.05) is 45.9 Å². The first-order valence-electron chi connectivity index (χ1n) is 11.8. The molecule has 0 spiro atoms. The molecule has 11 nitrogen and oxygen atoms in total. The maximum Gasteiger partial charge on any atom is 0.226 e. The molecule has 0 bridgehead atoms. The maximum absolute atomic E-state index is 14.7. The number of nitrogen functional groups attached to an aromatic ring is 1. The second-order valence-corrected chi connectivity index (χ2v) is 8.40. The summed E-state index contributed by atoms with van der Waals surface area (Å²) in [5.74, 6) is 6.50. The van der Waals surface area contributed by atoms with Crippen molar-refractivity contribution in [3.8, 4) is 17.6 Å². The van der Waals surface area contributed by atoms with Crippen molar-refractivity contribution in [1.29, 1.82) is 0 Å². The van der Waals surface area contributed by atoms with E-state index in [1.807, 2.05) is 4.68 Å². The van der Waals surface area contributed by atoms with Gasteiger partial charge in [-0.3, -0.25) is 4.90 Å². The Morgan fingerprint density at radius 1 is 1.08 bits per heavy atom. The van der Waals surface area contributed by atoms with Crippen LogP contribution in [-0.2, 0) is 11.3 Å². The van der Waals surface area contributed by atoms with E-state index in [1.165, 1.54) is 10.6 Å². The van der Waals surface area contributed by atoms with Crippen LogP contribution in [0.3, 0.4) is 0 Å². The molecule has 0 radical (unpaired) electrons. The predicted octanol–water partition coefficient (Wildman–Crippen LogP) is 1.41. The highest BCUT2D eigenvalue weighted by molar-refractivity contribution is 5.89. The van der Waals surface area contributed by atoms with E-state index < -0.39 is 0 Å². The topological polar surface area (TPSA) is 112 Å². The van der Waals surface area contributed by atoms with Crippen LogP contribution in [0.4, 0.5) is 16.0 Å². The van der Waals surface area contributed by atoms with Crippen molar-refractivity contribution in [2.45, 2.75) is 13.5 Å². The lowest BCUT2D eigenvalue weighted by molar-refractivity contribution is 0.146. The quantitative estimate of drug-likeness (QED) is 0.288. The Labute approximate surface area is 207 Å². The summed E-state index contributed by atoms with van der Waals surface area (Å²) in [6.07, 6.45) is 1.73. The number of hydrogen-bond acceptors (Lipinski definition) is 9. The van der Waals surface area contributed by atoms with Gasteiger partial charge in [0.2, 0.25) is 11.8 Å². The SMILES string of the molecule is CC#Cc1nc2c3cnn(CCN4CCN(c5ccc(OCCOC)cc5F)CC4)c3nc(N)n2n1. The Morgan fingerprint density at radius 3 is 2.67 bits per heavy atom. The Balaban J connectivity index is 1.21. The van der Waals surface area contributed by atoms with E-state index >= 15 is 0 Å². The van der Waals surface area contributed by atoms with Crippen LogP contribution in [0.2, 0.25) is 0 Å². The molecule has 4 aromatic rings. The van der Waals surface area contributed by atoms with Crippen LogP contribution in [0.25, 0.3) is 16.7 Å². The van der Waals surface area contributed by atoms with Gasteiger partial charge in [-0.05, 0) is 25.0 Å². The zero-order valence-corrected chi connectivity index (χ0v) is 20.3. The molecule has 5 rings (SSSR count). The van der Waals surface area contributed by atoms with E-state index in [0.717, 1.165) is 38.1 Å². The molecule has 3 aromatic heterocycles. The van der Waals surface area contributed by atoms with Crippen LogP contribution < -0.4 is 15.4 Å². The van der Waals surface area contributed by atoms with Crippen LogP contribution in [0.1, 0.15) is 12.7 Å². The zero-order valence-electron chi connectivity index (χ0n) is 20.3. The van der Waals surface area contributed by atoms with E-state index in [9.17, 15) is 4.39 Å². The molecule has 0 aliphatic carbocycles. The number of aromatic nitrogens is 6. The third-order valence-electron chi connectivity index (χ3n) is 6.15. The fourth-order valence-electron chi connectivity index (χ4n) is 4.31. The van der Waals surface area contributed by atoms with Gasteiger partial charge in [0.25, 0.3) is 0 Å². The third kappa shape index (κ3) is 4.75. The summed E-state index contributed by atoms with van der Waals surface area (Å²) in [7, 11) is 1.60. The standard InChI is InChI=1S/C24H28FN9O2/c1-3-4-21-28-23-18-16-27-33(22(18)29-24(26)34(23)30-21)12-9-31-7-10-32(11-8-31)20-6-5-17(15-19(20)25)36-14-13-35-2/h5-6,15-16H,7-14H2,1-2H3,(H2,26,29). The minimum atomic E-state index is -0.280. The lowest BCUT2D eigenvalue weighted by Gasteiger charge is -2.36. The van der Waals surface area contributed by atoms with Crippen molar-refractivity contribution in [2.75, 3.05) is 63.7 Å². The first-order valence-corrected chi connectivity index (χ1v) is 11.8. The van der Waals surface area contributed by atoms with Gasteiger partial charge in [0.1, 0.15) is 18.2 Å². The fourth-order valence-corrected chi connectivity index (χ4v) is 4.31. The first kappa shape index (κ1) is 23.8. The Bertz CT molecular complexity index is 1430. The van der Waals surface area contributed by atoms with E-state index in [4.69, 9.17) is 15.2 Å². The van der Waals surface area contributed by atoms with Gasteiger partial charge in [-0.15, -0.1) is 5.10 Å². The van der Waals surface area contributed by atoms with E-state index in [1.54, 1.807) is 32.4 Å². The molecule has 12 heteroatoms. The average Bonchev–Trinajstić information content (AvgIpc) is 3.48. The van der Waals surface area contributed by atoms with Crippen LogP contribution >= 0.6 is 0 Å². The van der Waals surface area contributed by atoms with Crippen LogP contribution in [0.15, 0.2) is 24.4 Å². The molecule has 0 amide bonds. The number of methoxy groups -OCH3 is 1. The summed E-state index contributed by atoms with van der Waals surface area (Å²) in [6.45, 7) is 7.09. The average molecular weight is 494 g/mol. The summed E-state index contributed by atoms with van der Waals surface area (Å²) in [5, 5.41) is 9.58. The number of nitrogens with zero attached hydrogens (tertiary/aromatic N) is 8. The highest BCUT2D eigenvalue weighted by Gasteiger charge is 2.21. The molecule has 188 valence electrons. The number of halogens is 1. The number of nitrogens with two attached hydrogens (primary N) is 1. The highest BCUT2D eigenvalue weighted by Crippen LogP contribution is 2.25. The predicted molar refractivity (Wildman–Crippen MR) is 133 cm³/mol. The van der Waals surface area contributed by atoms with Crippen molar-refractivity contribution in [2.24, 2.45) is 0 Å². The highest BCUT2D eigenvalue weighted by atomic mass is 19.1. The van der Waals surface area contributed by atoms with Crippen molar-refractivity contribution < 1.29 is 13.9 Å². The van der Waals surface area contributed by atoms with E-state index in [0.29, 0.717) is 48.3 Å². The van der Waals surface area contributed by atoms with Gasteiger partial charge in [-0.2, -0.15) is 19.6 Å². The minimum absolute atomic E-state index is 0.238. The summed E-state index contributed by atoms with van der Waals surface area (Å²) in [5.41, 5.74) is 7.97. The number of fused-ring (bicyclic) bond motifs is 3. The Hall–Kier alpha value is -3.95. The van der Waals surface area contributed by atoms with Crippen LogP contribution in [0, 0.1) is 17.7 Å². The lowest BCUT2D eigenvalue weighted by Crippen LogP contribution is -2.47. The van der Waals surface area contributed by atoms with Crippen LogP contribution in [-0.4, -0.2) is 87.3 Å². The molecule has 1 aliphatic rings. The molecule has 1 fully saturated rings. The molecule has 2 N–H and O–H groups in total. The van der Waals surface area contributed by atoms with Gasteiger partial charge >= 0.3 is 0 Å². The number of ether oxygens (including phenoxy) is 2. The van der Waals surface area contributed by atoms with Gasteiger partial charge in [0.05, 0.1) is 30.4 Å². The Morgan fingerprint density at radius 2 is 1.92 bits per heavy atom. The smallest absolute Gasteiger partial charge is 0.226 e. The van der Waals surface area contributed by atoms with E-state index in [2.05, 4.69) is 41.8 Å². The molecule has 0 unspecified atom stereocenters. The fraction of sp³-hybridized carbons (Fsp3) is 0.417. The lowest BCUT2D eigenvalue weighted by atomic mass is 10.2. The second-order valence-electron chi connectivity index (χ2n) is 8.40. The largest absolute Gasteiger partial charge is 0.491 e. The van der Waals surface area contributed by atoms with Gasteiger partial charge in [0.15, 0.2) is 11.3 Å². The molecule has 4 heterocycles. The monoisotopic (exact) mass is 493 g/mol. The summed E-state index contributed by atoms with van der Waals surface area (Å²) < 4.78 is 28.5. The van der Waals surface area contributed by atoms with Crippen molar-refractivity contribution in [3.63, 3.8) is 0 Å². The van der Waals surface area contributed by atoms with Crippen molar-refractivity contribution >= 4 is 28.3 Å². The molecular formula is C24H28FN9O2. The van der Waals surface area contributed by atoms with Gasteiger partial charge in [-0.1, -0.05) is 5.92 Å². The second kappa shape index (κ2) is 10.3.